The van der Waals surface area contributed by atoms with Gasteiger partial charge in [-0.3, -0.25) is 19.3 Å². The van der Waals surface area contributed by atoms with Crippen molar-refractivity contribution in [3.8, 4) is 11.5 Å². The maximum Gasteiger partial charge on any atom is 0.248 e. The van der Waals surface area contributed by atoms with Gasteiger partial charge in [0.2, 0.25) is 17.7 Å². The molecule has 1 aromatic heterocycles. The van der Waals surface area contributed by atoms with Gasteiger partial charge in [-0.15, -0.1) is 0 Å². The van der Waals surface area contributed by atoms with Crippen LogP contribution >= 0.6 is 0 Å². The zero-order chi connectivity index (χ0) is 31.1. The van der Waals surface area contributed by atoms with Crippen LogP contribution in [-0.2, 0) is 14.4 Å². The van der Waals surface area contributed by atoms with Gasteiger partial charge in [0.15, 0.2) is 17.3 Å². The van der Waals surface area contributed by atoms with Crippen molar-refractivity contribution in [1.29, 1.82) is 0 Å². The van der Waals surface area contributed by atoms with E-state index in [9.17, 15) is 14.4 Å². The molecule has 0 aliphatic carbocycles. The van der Waals surface area contributed by atoms with E-state index in [1.165, 1.54) is 19.1 Å². The fourth-order valence-corrected chi connectivity index (χ4v) is 4.82. The fraction of sp³-hybridized carbons (Fsp3) is 0.333. The Bertz CT molecular complexity index is 1610. The summed E-state index contributed by atoms with van der Waals surface area (Å²) in [6, 6.07) is 18.9. The lowest BCUT2D eigenvalue weighted by atomic mass is 9.96. The van der Waals surface area contributed by atoms with E-state index >= 15 is 0 Å². The Hall–Kier alpha value is -4.86. The minimum Gasteiger partial charge on any atom is -0.493 e. The average molecular weight is 587 g/mol. The first-order valence-electron chi connectivity index (χ1n) is 14.1. The van der Waals surface area contributed by atoms with Gasteiger partial charge < -0.3 is 24.6 Å². The number of carbonyl (C=O) groups is 3. The smallest absolute Gasteiger partial charge is 0.248 e. The minimum absolute atomic E-state index is 0.143. The van der Waals surface area contributed by atoms with Gasteiger partial charge in [-0.05, 0) is 44.7 Å². The second-order valence-electron chi connectivity index (χ2n) is 10.8. The highest BCUT2D eigenvalue weighted by atomic mass is 16.5. The third kappa shape index (κ3) is 7.14. The van der Waals surface area contributed by atoms with E-state index < -0.39 is 29.3 Å². The maximum absolute atomic E-state index is 14.3. The van der Waals surface area contributed by atoms with Crippen LogP contribution in [0.25, 0.3) is 10.8 Å². The molecule has 226 valence electrons. The lowest BCUT2D eigenvalue weighted by Gasteiger charge is -2.36. The number of aromatic nitrogens is 1. The van der Waals surface area contributed by atoms with Crippen molar-refractivity contribution in [2.75, 3.05) is 24.4 Å². The number of hydrogen-bond acceptors (Lipinski definition) is 7. The van der Waals surface area contributed by atoms with Crippen LogP contribution in [0, 0.1) is 6.92 Å². The lowest BCUT2D eigenvalue weighted by Crippen LogP contribution is -2.50. The third-order valence-electron chi connectivity index (χ3n) is 7.34. The standard InChI is InChI=1S/C33H38N4O6/c1-7-33(3,4)35-32(40)30(24-15-11-17-26(41-5)31(24)42-6)37(25-16-10-13-22-12-8-9-14-23(22)25)29(39)19-18-28(38)34-27-20-21(2)43-36-27/h8-17,20,30H,7,18-19H2,1-6H3,(H,35,40)(H,34,36,38)/t30-/m0/s1. The van der Waals surface area contributed by atoms with Crippen LogP contribution in [0.3, 0.4) is 0 Å². The molecule has 0 bridgehead atoms. The summed E-state index contributed by atoms with van der Waals surface area (Å²) >= 11 is 0. The molecule has 10 nitrogen and oxygen atoms in total. The molecule has 0 radical (unpaired) electrons. The predicted molar refractivity (Wildman–Crippen MR) is 165 cm³/mol. The van der Waals surface area contributed by atoms with Gasteiger partial charge in [0.05, 0.1) is 19.9 Å². The molecule has 0 spiro atoms. The predicted octanol–water partition coefficient (Wildman–Crippen LogP) is 5.95. The third-order valence-corrected chi connectivity index (χ3v) is 7.34. The summed E-state index contributed by atoms with van der Waals surface area (Å²) in [6.45, 7) is 7.53. The van der Waals surface area contributed by atoms with E-state index in [0.717, 1.165) is 10.8 Å². The molecule has 1 atom stereocenters. The number of para-hydroxylation sites is 1. The molecule has 0 unspecified atom stereocenters. The highest BCUT2D eigenvalue weighted by molar-refractivity contribution is 6.09. The molecule has 3 amide bonds. The number of benzene rings is 3. The number of anilines is 2. The molecular formula is C33H38N4O6. The van der Waals surface area contributed by atoms with Crippen LogP contribution in [0.5, 0.6) is 11.5 Å². The largest absolute Gasteiger partial charge is 0.493 e. The highest BCUT2D eigenvalue weighted by Gasteiger charge is 2.38. The Morgan fingerprint density at radius 1 is 0.977 bits per heavy atom. The highest BCUT2D eigenvalue weighted by Crippen LogP contribution is 2.41. The second kappa shape index (κ2) is 13.4. The van der Waals surface area contributed by atoms with Crippen molar-refractivity contribution in [3.05, 3.63) is 78.1 Å². The number of aryl methyl sites for hydroxylation is 1. The van der Waals surface area contributed by atoms with Crippen LogP contribution in [0.1, 0.15) is 57.4 Å². The molecule has 0 aliphatic heterocycles. The number of carbonyl (C=O) groups excluding carboxylic acids is 3. The summed E-state index contributed by atoms with van der Waals surface area (Å²) in [6.07, 6.45) is 0.333. The molecule has 0 saturated heterocycles. The first-order valence-corrected chi connectivity index (χ1v) is 14.1. The summed E-state index contributed by atoms with van der Waals surface area (Å²) < 4.78 is 16.3. The van der Waals surface area contributed by atoms with Crippen LogP contribution < -0.4 is 25.0 Å². The van der Waals surface area contributed by atoms with Gasteiger partial charge in [-0.2, -0.15) is 0 Å². The van der Waals surface area contributed by atoms with Gasteiger partial charge in [0, 0.05) is 35.4 Å². The van der Waals surface area contributed by atoms with Crippen LogP contribution in [0.4, 0.5) is 11.5 Å². The van der Waals surface area contributed by atoms with Crippen molar-refractivity contribution < 1.29 is 28.4 Å². The average Bonchev–Trinajstić information content (AvgIpc) is 3.41. The molecule has 10 heteroatoms. The van der Waals surface area contributed by atoms with E-state index in [4.69, 9.17) is 14.0 Å². The van der Waals surface area contributed by atoms with E-state index in [2.05, 4.69) is 15.8 Å². The quantitative estimate of drug-likeness (QED) is 0.210. The molecule has 0 aliphatic rings. The first kappa shape index (κ1) is 31.1. The molecule has 3 aromatic carbocycles. The number of rotatable bonds is 12. The number of fused-ring (bicyclic) bond motifs is 1. The summed E-state index contributed by atoms with van der Waals surface area (Å²) in [5, 5.41) is 11.2. The van der Waals surface area contributed by atoms with Crippen molar-refractivity contribution in [3.63, 3.8) is 0 Å². The van der Waals surface area contributed by atoms with Crippen molar-refractivity contribution in [2.24, 2.45) is 0 Å². The van der Waals surface area contributed by atoms with Gasteiger partial charge >= 0.3 is 0 Å². The first-order chi connectivity index (χ1) is 20.6. The van der Waals surface area contributed by atoms with Gasteiger partial charge in [0.1, 0.15) is 11.8 Å². The molecule has 43 heavy (non-hydrogen) atoms. The molecule has 0 fully saturated rings. The fourth-order valence-electron chi connectivity index (χ4n) is 4.82. The van der Waals surface area contributed by atoms with Gasteiger partial charge in [0.25, 0.3) is 0 Å². The Labute approximate surface area is 251 Å². The Morgan fingerprint density at radius 2 is 1.70 bits per heavy atom. The SMILES string of the molecule is CCC(C)(C)NC(=O)[C@H](c1cccc(OC)c1OC)N(C(=O)CCC(=O)Nc1cc(C)on1)c1cccc2ccccc12. The number of hydrogen-bond donors (Lipinski definition) is 2. The Morgan fingerprint density at radius 3 is 2.37 bits per heavy atom. The number of nitrogens with zero attached hydrogens (tertiary/aromatic N) is 2. The molecule has 4 aromatic rings. The molecule has 0 saturated carbocycles. The van der Waals surface area contributed by atoms with Crippen LogP contribution in [0.15, 0.2) is 71.3 Å². The van der Waals surface area contributed by atoms with E-state index in [1.807, 2.05) is 57.2 Å². The van der Waals surface area contributed by atoms with Crippen molar-refractivity contribution in [1.82, 2.24) is 10.5 Å². The van der Waals surface area contributed by atoms with E-state index in [-0.39, 0.29) is 18.7 Å². The minimum atomic E-state index is -1.16. The second-order valence-corrected chi connectivity index (χ2v) is 10.8. The van der Waals surface area contributed by atoms with Crippen LogP contribution in [0.2, 0.25) is 0 Å². The summed E-state index contributed by atoms with van der Waals surface area (Å²) in [5.74, 6) is 0.318. The summed E-state index contributed by atoms with van der Waals surface area (Å²) in [4.78, 5) is 42.9. The molecule has 2 N–H and O–H groups in total. The maximum atomic E-state index is 14.3. The lowest BCUT2D eigenvalue weighted by molar-refractivity contribution is -0.128. The monoisotopic (exact) mass is 586 g/mol. The zero-order valence-electron chi connectivity index (χ0n) is 25.4. The van der Waals surface area contributed by atoms with E-state index in [1.54, 1.807) is 37.3 Å². The summed E-state index contributed by atoms with van der Waals surface area (Å²) in [5.41, 5.74) is 0.398. The zero-order valence-corrected chi connectivity index (χ0v) is 25.4. The van der Waals surface area contributed by atoms with Crippen molar-refractivity contribution in [2.45, 2.75) is 58.5 Å². The summed E-state index contributed by atoms with van der Waals surface area (Å²) in [7, 11) is 3.01. The number of nitrogens with one attached hydrogen (secondary N) is 2. The molecule has 1 heterocycles. The molecule has 4 rings (SSSR count). The normalized spacial score (nSPS) is 12.0. The Balaban J connectivity index is 1.84. The van der Waals surface area contributed by atoms with Crippen LogP contribution in [-0.4, -0.2) is 42.6 Å². The number of amides is 3. The number of methoxy groups -OCH3 is 2. The number of ether oxygens (including phenoxy) is 2. The van der Waals surface area contributed by atoms with Crippen molar-refractivity contribution >= 4 is 40.0 Å². The Kier molecular flexibility index (Phi) is 9.70. The van der Waals surface area contributed by atoms with Gasteiger partial charge in [-0.1, -0.05) is 60.6 Å². The van der Waals surface area contributed by atoms with E-state index in [0.29, 0.717) is 34.9 Å². The molecular weight excluding hydrogens is 548 g/mol. The van der Waals surface area contributed by atoms with Gasteiger partial charge in [-0.25, -0.2) is 0 Å². The topological polar surface area (TPSA) is 123 Å².